The van der Waals surface area contributed by atoms with Crippen molar-refractivity contribution >= 4 is 11.9 Å². The van der Waals surface area contributed by atoms with Crippen LogP contribution in [-0.2, 0) is 9.59 Å². The highest BCUT2D eigenvalue weighted by Crippen LogP contribution is 1.84. The fourth-order valence-corrected chi connectivity index (χ4v) is 0.143. The number of aliphatic carboxylic acids is 2. The summed E-state index contributed by atoms with van der Waals surface area (Å²) in [5.41, 5.74) is 0. The minimum Gasteiger partial charge on any atom is -0.478 e. The summed E-state index contributed by atoms with van der Waals surface area (Å²) in [6.45, 7) is -1.03. The average molecular weight is 198 g/mol. The maximum absolute atomic E-state index is 10.5. The number of hydrogen-bond acceptors (Lipinski definition) is 3. The summed E-state index contributed by atoms with van der Waals surface area (Å²) in [6.07, 6.45) is -1.44. The molecular weight excluding hydrogens is 190 g/mol. The minimum atomic E-state index is -2.56. The van der Waals surface area contributed by atoms with Crippen molar-refractivity contribution in [2.24, 2.45) is 0 Å². The molecule has 0 spiro atoms. The van der Waals surface area contributed by atoms with Gasteiger partial charge in [0.15, 0.2) is 0 Å². The number of carboxylic acid groups (broad SMARTS) is 2. The molecule has 0 aliphatic carbocycles. The molecule has 0 radical (unpaired) electrons. The number of halogens is 2. The van der Waals surface area contributed by atoms with Gasteiger partial charge in [-0.1, -0.05) is 0 Å². The van der Waals surface area contributed by atoms with E-state index in [1.165, 1.54) is 0 Å². The van der Waals surface area contributed by atoms with E-state index in [0.717, 1.165) is 0 Å². The Morgan fingerprint density at radius 1 is 1.15 bits per heavy atom. The molecular formula is C6H8F2O5. The van der Waals surface area contributed by atoms with Crippen LogP contribution >= 0.6 is 0 Å². The Hall–Kier alpha value is -1.50. The van der Waals surface area contributed by atoms with Crippen molar-refractivity contribution in [3.05, 3.63) is 12.2 Å². The molecule has 0 heterocycles. The Morgan fingerprint density at radius 3 is 1.46 bits per heavy atom. The molecule has 0 saturated carbocycles. The van der Waals surface area contributed by atoms with Gasteiger partial charge in [0.05, 0.1) is 0 Å². The summed E-state index contributed by atoms with van der Waals surface area (Å²) < 4.78 is 21.0. The van der Waals surface area contributed by atoms with Crippen LogP contribution in [0.5, 0.6) is 0 Å². The Morgan fingerprint density at radius 2 is 1.38 bits per heavy atom. The topological polar surface area (TPSA) is 94.8 Å². The molecule has 0 aromatic heterocycles. The molecule has 0 saturated heterocycles. The molecule has 0 fully saturated rings. The molecule has 0 atom stereocenters. The van der Waals surface area contributed by atoms with E-state index in [1.807, 2.05) is 0 Å². The van der Waals surface area contributed by atoms with Crippen LogP contribution in [0, 0.1) is 0 Å². The Balaban J connectivity index is 0. The maximum Gasteiger partial charge on any atom is 0.328 e. The van der Waals surface area contributed by atoms with E-state index in [9.17, 15) is 18.4 Å². The van der Waals surface area contributed by atoms with Crippen molar-refractivity contribution in [1.82, 2.24) is 0 Å². The van der Waals surface area contributed by atoms with Crippen LogP contribution in [0.4, 0.5) is 8.78 Å². The number of aliphatic hydroxyl groups excluding tert-OH is 1. The molecule has 13 heavy (non-hydrogen) atoms. The summed E-state index contributed by atoms with van der Waals surface area (Å²) in [4.78, 5) is 19.1. The molecule has 0 rings (SSSR count). The maximum atomic E-state index is 10.5. The number of hydrogen-bond donors (Lipinski definition) is 3. The first kappa shape index (κ1) is 14.0. The van der Waals surface area contributed by atoms with E-state index < -0.39 is 25.0 Å². The van der Waals surface area contributed by atoms with Crippen LogP contribution in [0.1, 0.15) is 0 Å². The van der Waals surface area contributed by atoms with E-state index >= 15 is 0 Å². The second-order valence-electron chi connectivity index (χ2n) is 1.58. The third kappa shape index (κ3) is 25.1. The molecule has 0 unspecified atom stereocenters. The minimum absolute atomic E-state index is 0.558. The summed E-state index contributed by atoms with van der Waals surface area (Å²) >= 11 is 0. The normalized spacial score (nSPS) is 9.54. The lowest BCUT2D eigenvalue weighted by Crippen LogP contribution is -1.94. The summed E-state index contributed by atoms with van der Waals surface area (Å²) in [7, 11) is 0. The van der Waals surface area contributed by atoms with E-state index in [0.29, 0.717) is 12.2 Å². The van der Waals surface area contributed by atoms with E-state index in [1.54, 1.807) is 0 Å². The first-order chi connectivity index (χ1) is 5.90. The molecule has 5 nitrogen and oxygen atoms in total. The average Bonchev–Trinajstić information content (AvgIpc) is 2.02. The second-order valence-corrected chi connectivity index (χ2v) is 1.58. The molecule has 76 valence electrons. The Labute approximate surface area is 71.9 Å². The lowest BCUT2D eigenvalue weighted by Gasteiger charge is -1.81. The van der Waals surface area contributed by atoms with Gasteiger partial charge in [0.2, 0.25) is 0 Å². The highest BCUT2D eigenvalue weighted by Gasteiger charge is 1.92. The highest BCUT2D eigenvalue weighted by atomic mass is 19.3. The highest BCUT2D eigenvalue weighted by molar-refractivity contribution is 5.89. The van der Waals surface area contributed by atoms with Crippen molar-refractivity contribution in [2.45, 2.75) is 6.43 Å². The standard InChI is InChI=1S/C4H4O4.C2H4F2O/c5-3(6)1-2-4(7)8;3-2(4)1-5/h1-2H,(H,5,6)(H,7,8);2,5H,1H2/b2-1+;. The van der Waals surface area contributed by atoms with Gasteiger partial charge in [-0.15, -0.1) is 0 Å². The third-order valence-corrected chi connectivity index (χ3v) is 0.507. The predicted molar refractivity (Wildman–Crippen MR) is 37.5 cm³/mol. The van der Waals surface area contributed by atoms with Crippen LogP contribution in [0.3, 0.4) is 0 Å². The van der Waals surface area contributed by atoms with Gasteiger partial charge >= 0.3 is 11.9 Å². The molecule has 0 amide bonds. The fraction of sp³-hybridized carbons (Fsp3) is 0.333. The number of alkyl halides is 2. The van der Waals surface area contributed by atoms with Crippen LogP contribution in [0.2, 0.25) is 0 Å². The summed E-state index contributed by atoms with van der Waals surface area (Å²) in [5.74, 6) is -2.51. The number of aliphatic hydroxyl groups is 1. The van der Waals surface area contributed by atoms with Gasteiger partial charge in [-0.25, -0.2) is 18.4 Å². The molecule has 0 bridgehead atoms. The number of carboxylic acids is 2. The SMILES string of the molecule is O=C(O)/C=C/C(=O)O.OCC(F)F. The monoisotopic (exact) mass is 198 g/mol. The largest absolute Gasteiger partial charge is 0.478 e. The molecule has 0 aliphatic heterocycles. The van der Waals surface area contributed by atoms with Crippen molar-refractivity contribution in [3.63, 3.8) is 0 Å². The van der Waals surface area contributed by atoms with Gasteiger partial charge in [0.25, 0.3) is 6.43 Å². The van der Waals surface area contributed by atoms with Crippen LogP contribution in [-0.4, -0.2) is 40.3 Å². The number of carbonyl (C=O) groups is 2. The zero-order valence-electron chi connectivity index (χ0n) is 6.35. The van der Waals surface area contributed by atoms with Crippen molar-refractivity contribution < 1.29 is 33.7 Å². The van der Waals surface area contributed by atoms with Gasteiger partial charge < -0.3 is 15.3 Å². The van der Waals surface area contributed by atoms with E-state index in [-0.39, 0.29) is 0 Å². The quantitative estimate of drug-likeness (QED) is 0.553. The smallest absolute Gasteiger partial charge is 0.328 e. The molecule has 3 N–H and O–H groups in total. The molecule has 0 aromatic carbocycles. The second kappa shape index (κ2) is 8.60. The van der Waals surface area contributed by atoms with Gasteiger partial charge in [-0.3, -0.25) is 0 Å². The first-order valence-electron chi connectivity index (χ1n) is 2.93. The van der Waals surface area contributed by atoms with Gasteiger partial charge in [-0.2, -0.15) is 0 Å². The zero-order chi connectivity index (χ0) is 10.9. The van der Waals surface area contributed by atoms with Gasteiger partial charge in [-0.05, 0) is 0 Å². The van der Waals surface area contributed by atoms with Crippen LogP contribution in [0.15, 0.2) is 12.2 Å². The van der Waals surface area contributed by atoms with Gasteiger partial charge in [0.1, 0.15) is 6.61 Å². The van der Waals surface area contributed by atoms with E-state index in [2.05, 4.69) is 0 Å². The van der Waals surface area contributed by atoms with Crippen molar-refractivity contribution in [1.29, 1.82) is 0 Å². The Bertz CT molecular complexity index is 173. The summed E-state index contributed by atoms with van der Waals surface area (Å²) in [5, 5.41) is 23.0. The third-order valence-electron chi connectivity index (χ3n) is 0.507. The molecule has 7 heteroatoms. The number of rotatable bonds is 3. The first-order valence-corrected chi connectivity index (χ1v) is 2.93. The predicted octanol–water partition coefficient (Wildman–Crippen LogP) is -0.0444. The van der Waals surface area contributed by atoms with Crippen LogP contribution < -0.4 is 0 Å². The Kier molecular flexibility index (Phi) is 9.29. The van der Waals surface area contributed by atoms with E-state index in [4.69, 9.17) is 15.3 Å². The lowest BCUT2D eigenvalue weighted by molar-refractivity contribution is -0.134. The van der Waals surface area contributed by atoms with Crippen molar-refractivity contribution in [2.75, 3.05) is 6.61 Å². The fourth-order valence-electron chi connectivity index (χ4n) is 0.143. The summed E-state index contributed by atoms with van der Waals surface area (Å²) in [6, 6.07) is 0. The van der Waals surface area contributed by atoms with Crippen LogP contribution in [0.25, 0.3) is 0 Å². The zero-order valence-corrected chi connectivity index (χ0v) is 6.35. The molecule has 0 aromatic rings. The van der Waals surface area contributed by atoms with Crippen molar-refractivity contribution in [3.8, 4) is 0 Å². The van der Waals surface area contributed by atoms with Gasteiger partial charge in [0, 0.05) is 12.2 Å². The lowest BCUT2D eigenvalue weighted by atomic mass is 10.5. The molecule has 0 aliphatic rings.